The van der Waals surface area contributed by atoms with Crippen LogP contribution in [0.2, 0.25) is 0 Å². The zero-order valence-corrected chi connectivity index (χ0v) is 21.1. The summed E-state index contributed by atoms with van der Waals surface area (Å²) in [6, 6.07) is 21.3. The van der Waals surface area contributed by atoms with Gasteiger partial charge in [-0.15, -0.1) is 0 Å². The Kier molecular flexibility index (Phi) is 7.65. The van der Waals surface area contributed by atoms with Crippen LogP contribution in [0.25, 0.3) is 11.3 Å². The number of imide groups is 1. The predicted octanol–water partition coefficient (Wildman–Crippen LogP) is 4.86. The molecule has 0 bridgehead atoms. The van der Waals surface area contributed by atoms with Crippen molar-refractivity contribution in [2.75, 3.05) is 33.3 Å². The number of benzene rings is 2. The molecule has 37 heavy (non-hydrogen) atoms. The number of methoxy groups -OCH3 is 1. The van der Waals surface area contributed by atoms with Crippen LogP contribution in [0.4, 0.5) is 4.79 Å². The second-order valence-electron chi connectivity index (χ2n) is 9.53. The number of hydrogen-bond donors (Lipinski definition) is 0. The Morgan fingerprint density at radius 1 is 1.00 bits per heavy atom. The van der Waals surface area contributed by atoms with Gasteiger partial charge in [0.1, 0.15) is 23.8 Å². The zero-order chi connectivity index (χ0) is 25.6. The average molecular weight is 501 g/mol. The Morgan fingerprint density at radius 2 is 1.76 bits per heavy atom. The normalized spacial score (nSPS) is 17.3. The van der Waals surface area contributed by atoms with Crippen LogP contribution in [0.3, 0.4) is 0 Å². The van der Waals surface area contributed by atoms with Gasteiger partial charge in [-0.3, -0.25) is 14.6 Å². The van der Waals surface area contributed by atoms with E-state index < -0.39 is 0 Å². The molecule has 192 valence electrons. The van der Waals surface area contributed by atoms with Crippen LogP contribution in [0, 0.1) is 5.92 Å². The predicted molar refractivity (Wildman–Crippen MR) is 141 cm³/mol. The van der Waals surface area contributed by atoms with Crippen LogP contribution >= 0.6 is 0 Å². The molecule has 0 radical (unpaired) electrons. The fourth-order valence-corrected chi connectivity index (χ4v) is 4.97. The zero-order valence-electron chi connectivity index (χ0n) is 21.1. The molecule has 2 fully saturated rings. The Hall–Kier alpha value is -3.91. The molecule has 3 aromatic rings. The van der Waals surface area contributed by atoms with E-state index in [1.165, 1.54) is 21.7 Å². The number of piperidine rings is 1. The molecule has 0 unspecified atom stereocenters. The molecule has 0 saturated carbocycles. The van der Waals surface area contributed by atoms with Gasteiger partial charge in [-0.25, -0.2) is 9.80 Å². The van der Waals surface area contributed by atoms with Crippen molar-refractivity contribution in [1.29, 1.82) is 0 Å². The van der Waals surface area contributed by atoms with Crippen molar-refractivity contribution in [1.82, 2.24) is 14.8 Å². The second-order valence-corrected chi connectivity index (χ2v) is 9.53. The summed E-state index contributed by atoms with van der Waals surface area (Å²) in [5.74, 6) is 2.14. The fourth-order valence-electron chi connectivity index (χ4n) is 4.97. The number of hydrazone groups is 1. The van der Waals surface area contributed by atoms with E-state index >= 15 is 0 Å². The third-order valence-electron chi connectivity index (χ3n) is 7.08. The van der Waals surface area contributed by atoms with Crippen molar-refractivity contribution < 1.29 is 18.7 Å². The summed E-state index contributed by atoms with van der Waals surface area (Å²) in [7, 11) is 1.61. The van der Waals surface area contributed by atoms with Gasteiger partial charge in [-0.1, -0.05) is 42.5 Å². The summed E-state index contributed by atoms with van der Waals surface area (Å²) < 4.78 is 11.3. The summed E-state index contributed by atoms with van der Waals surface area (Å²) in [5, 5.41) is 5.44. The van der Waals surface area contributed by atoms with Crippen LogP contribution < -0.4 is 4.74 Å². The van der Waals surface area contributed by atoms with Gasteiger partial charge in [0.2, 0.25) is 0 Å². The van der Waals surface area contributed by atoms with Crippen molar-refractivity contribution in [3.8, 4) is 17.1 Å². The summed E-state index contributed by atoms with van der Waals surface area (Å²) in [6.45, 7) is 3.44. The quantitative estimate of drug-likeness (QED) is 0.310. The first kappa shape index (κ1) is 24.8. The smallest absolute Gasteiger partial charge is 0.347 e. The number of carbonyl (C=O) groups is 2. The van der Waals surface area contributed by atoms with Crippen LogP contribution in [0.1, 0.15) is 30.6 Å². The van der Waals surface area contributed by atoms with E-state index in [0.717, 1.165) is 44.5 Å². The lowest BCUT2D eigenvalue weighted by atomic mass is 9.93. The topological polar surface area (TPSA) is 78.6 Å². The lowest BCUT2D eigenvalue weighted by molar-refractivity contribution is -0.125. The number of ether oxygens (including phenoxy) is 1. The molecular weight excluding hydrogens is 468 g/mol. The number of hydrogen-bond acceptors (Lipinski definition) is 6. The largest absolute Gasteiger partial charge is 0.496 e. The lowest BCUT2D eigenvalue weighted by Gasteiger charge is -2.32. The first-order chi connectivity index (χ1) is 18.1. The fraction of sp³-hybridized carbons (Fsp3) is 0.345. The van der Waals surface area contributed by atoms with E-state index in [1.54, 1.807) is 13.2 Å². The van der Waals surface area contributed by atoms with Crippen molar-refractivity contribution >= 4 is 18.2 Å². The minimum absolute atomic E-state index is 0.0507. The molecule has 0 atom stereocenters. The molecule has 2 aliphatic heterocycles. The Balaban J connectivity index is 1.11. The maximum absolute atomic E-state index is 12.8. The van der Waals surface area contributed by atoms with Crippen LogP contribution in [-0.2, 0) is 11.3 Å². The van der Waals surface area contributed by atoms with Crippen molar-refractivity contribution in [3.05, 3.63) is 78.1 Å². The van der Waals surface area contributed by atoms with Gasteiger partial charge in [0.05, 0.1) is 18.9 Å². The van der Waals surface area contributed by atoms with Gasteiger partial charge in [0.15, 0.2) is 0 Å². The Bertz CT molecular complexity index is 1250. The molecule has 2 aromatic carbocycles. The van der Waals surface area contributed by atoms with E-state index in [1.807, 2.05) is 36.4 Å². The summed E-state index contributed by atoms with van der Waals surface area (Å²) >= 11 is 0. The van der Waals surface area contributed by atoms with E-state index in [9.17, 15) is 9.59 Å². The number of nitrogens with zero attached hydrogens (tertiary/aromatic N) is 4. The monoisotopic (exact) mass is 500 g/mol. The number of carbonyl (C=O) groups excluding carboxylic acids is 2. The van der Waals surface area contributed by atoms with Gasteiger partial charge in [0.25, 0.3) is 5.91 Å². The summed E-state index contributed by atoms with van der Waals surface area (Å²) in [4.78, 5) is 29.2. The highest BCUT2D eigenvalue weighted by Gasteiger charge is 2.36. The molecular formula is C29H32N4O4. The number of urea groups is 1. The number of furan rings is 1. The highest BCUT2D eigenvalue weighted by molar-refractivity contribution is 6.02. The van der Waals surface area contributed by atoms with Gasteiger partial charge in [-0.05, 0) is 68.1 Å². The van der Waals surface area contributed by atoms with Gasteiger partial charge < -0.3 is 9.15 Å². The molecule has 0 aliphatic carbocycles. The maximum atomic E-state index is 12.8. The SMILES string of the molecule is COc1ccccc1-c1ccc(/C=N/N2CC(=O)N(CCC3CCN(Cc4ccccc4)CC3)C2=O)o1. The van der Waals surface area contributed by atoms with E-state index in [0.29, 0.717) is 29.7 Å². The minimum atomic E-state index is -0.376. The first-order valence-corrected chi connectivity index (χ1v) is 12.8. The molecule has 3 heterocycles. The van der Waals surface area contributed by atoms with Gasteiger partial charge >= 0.3 is 6.03 Å². The molecule has 0 spiro atoms. The average Bonchev–Trinajstić information content (AvgIpc) is 3.51. The van der Waals surface area contributed by atoms with E-state index in [-0.39, 0.29) is 18.5 Å². The summed E-state index contributed by atoms with van der Waals surface area (Å²) in [5.41, 5.74) is 2.16. The maximum Gasteiger partial charge on any atom is 0.347 e. The van der Waals surface area contributed by atoms with Gasteiger partial charge in [0, 0.05) is 13.1 Å². The lowest BCUT2D eigenvalue weighted by Crippen LogP contribution is -2.36. The highest BCUT2D eigenvalue weighted by atomic mass is 16.5. The molecule has 8 heteroatoms. The van der Waals surface area contributed by atoms with E-state index in [2.05, 4.69) is 34.3 Å². The second kappa shape index (κ2) is 11.4. The third-order valence-corrected chi connectivity index (χ3v) is 7.08. The van der Waals surface area contributed by atoms with Crippen molar-refractivity contribution in [2.24, 2.45) is 11.0 Å². The number of likely N-dealkylation sites (tertiary alicyclic amines) is 1. The molecule has 5 rings (SSSR count). The number of amides is 3. The minimum Gasteiger partial charge on any atom is -0.496 e. The summed E-state index contributed by atoms with van der Waals surface area (Å²) in [6.07, 6.45) is 4.46. The highest BCUT2D eigenvalue weighted by Crippen LogP contribution is 2.30. The molecule has 2 saturated heterocycles. The molecule has 0 N–H and O–H groups in total. The third kappa shape index (κ3) is 5.91. The number of rotatable bonds is 9. The van der Waals surface area contributed by atoms with Crippen LogP contribution in [-0.4, -0.2) is 66.3 Å². The van der Waals surface area contributed by atoms with Gasteiger partial charge in [-0.2, -0.15) is 5.10 Å². The van der Waals surface area contributed by atoms with Crippen LogP contribution in [0.15, 0.2) is 76.2 Å². The first-order valence-electron chi connectivity index (χ1n) is 12.8. The van der Waals surface area contributed by atoms with Crippen molar-refractivity contribution in [2.45, 2.75) is 25.8 Å². The molecule has 1 aromatic heterocycles. The molecule has 8 nitrogen and oxygen atoms in total. The Morgan fingerprint density at radius 3 is 2.54 bits per heavy atom. The standard InChI is InChI=1S/C29H32N4O4/c1-36-26-10-6-5-9-25(26)27-12-11-24(37-27)19-30-33-21-28(34)32(29(33)35)18-15-22-13-16-31(17-14-22)20-23-7-3-2-4-8-23/h2-12,19,22H,13-18,20-21H2,1H3/b30-19+. The van der Waals surface area contributed by atoms with Crippen molar-refractivity contribution in [3.63, 3.8) is 0 Å². The number of para-hydroxylation sites is 1. The molecule has 3 amide bonds. The Labute approximate surface area is 217 Å². The van der Waals surface area contributed by atoms with Crippen LogP contribution in [0.5, 0.6) is 5.75 Å². The van der Waals surface area contributed by atoms with E-state index in [4.69, 9.17) is 9.15 Å². The molecule has 2 aliphatic rings.